The summed E-state index contributed by atoms with van der Waals surface area (Å²) in [5, 5.41) is 3.29. The molecule has 21 heavy (non-hydrogen) atoms. The quantitative estimate of drug-likeness (QED) is 0.702. The summed E-state index contributed by atoms with van der Waals surface area (Å²) < 4.78 is 27.7. The lowest BCUT2D eigenvalue weighted by atomic mass is 10.1. The van der Waals surface area contributed by atoms with E-state index in [0.29, 0.717) is 11.3 Å². The zero-order chi connectivity index (χ0) is 15.2. The highest BCUT2D eigenvalue weighted by Gasteiger charge is 2.15. The Morgan fingerprint density at radius 1 is 1.14 bits per heavy atom. The van der Waals surface area contributed by atoms with Crippen LogP contribution in [0.4, 0.5) is 8.78 Å². The summed E-state index contributed by atoms with van der Waals surface area (Å²) in [6, 6.07) is 11.2. The molecule has 0 aliphatic carbocycles. The average molecular weight is 372 g/mol. The molecule has 0 heterocycles. The van der Waals surface area contributed by atoms with Gasteiger partial charge in [-0.15, -0.1) is 11.8 Å². The Morgan fingerprint density at radius 2 is 1.86 bits per heavy atom. The lowest BCUT2D eigenvalue weighted by Crippen LogP contribution is -2.24. The van der Waals surface area contributed by atoms with E-state index in [1.54, 1.807) is 36.0 Å². The number of thioether (sulfide) groups is 1. The van der Waals surface area contributed by atoms with Gasteiger partial charge in [0, 0.05) is 26.7 Å². The van der Waals surface area contributed by atoms with Crippen LogP contribution in [0.3, 0.4) is 0 Å². The van der Waals surface area contributed by atoms with Gasteiger partial charge in [-0.2, -0.15) is 0 Å². The molecular formula is C16H16BrF2NS. The molecule has 2 rings (SSSR count). The number of hydrogen-bond acceptors (Lipinski definition) is 2. The predicted molar refractivity (Wildman–Crippen MR) is 87.6 cm³/mol. The van der Waals surface area contributed by atoms with Crippen molar-refractivity contribution in [3.8, 4) is 0 Å². The van der Waals surface area contributed by atoms with Gasteiger partial charge in [-0.05, 0) is 49.0 Å². The third-order valence-corrected chi connectivity index (χ3v) is 4.61. The first kappa shape index (κ1) is 16.5. The number of hydrogen-bond donors (Lipinski definition) is 1. The second kappa shape index (κ2) is 7.92. The zero-order valence-corrected chi connectivity index (χ0v) is 14.0. The molecule has 112 valence electrons. The van der Waals surface area contributed by atoms with Crippen molar-refractivity contribution in [2.24, 2.45) is 0 Å². The number of rotatable bonds is 6. The number of benzene rings is 2. The van der Waals surface area contributed by atoms with Crippen LogP contribution >= 0.6 is 27.7 Å². The second-order valence-electron chi connectivity index (χ2n) is 4.54. The highest BCUT2D eigenvalue weighted by atomic mass is 79.9. The minimum absolute atomic E-state index is 0.0949. The molecular weight excluding hydrogens is 356 g/mol. The number of halogens is 3. The van der Waals surface area contributed by atoms with Gasteiger partial charge in [0.15, 0.2) is 0 Å². The van der Waals surface area contributed by atoms with Crippen molar-refractivity contribution in [2.75, 3.05) is 12.3 Å². The van der Waals surface area contributed by atoms with Crippen LogP contribution in [0.1, 0.15) is 18.5 Å². The maximum atomic E-state index is 14.0. The van der Waals surface area contributed by atoms with E-state index in [-0.39, 0.29) is 17.7 Å². The highest BCUT2D eigenvalue weighted by molar-refractivity contribution is 9.10. The third-order valence-electron chi connectivity index (χ3n) is 3.01. The maximum absolute atomic E-state index is 14.0. The SMILES string of the molecule is CCNC(CSc1ccc(F)cc1)c1cc(Br)ccc1F. The van der Waals surface area contributed by atoms with Crippen LogP contribution in [0.25, 0.3) is 0 Å². The summed E-state index contributed by atoms with van der Waals surface area (Å²) in [7, 11) is 0. The topological polar surface area (TPSA) is 12.0 Å². The molecule has 2 aromatic carbocycles. The van der Waals surface area contributed by atoms with Crippen molar-refractivity contribution in [1.82, 2.24) is 5.32 Å². The molecule has 0 spiro atoms. The molecule has 0 radical (unpaired) electrons. The lowest BCUT2D eigenvalue weighted by molar-refractivity contribution is 0.545. The molecule has 0 aliphatic heterocycles. The fourth-order valence-electron chi connectivity index (χ4n) is 2.00. The van der Waals surface area contributed by atoms with E-state index in [1.807, 2.05) is 6.92 Å². The van der Waals surface area contributed by atoms with Crippen LogP contribution in [0.15, 0.2) is 51.8 Å². The van der Waals surface area contributed by atoms with E-state index in [0.717, 1.165) is 15.9 Å². The van der Waals surface area contributed by atoms with Crippen molar-refractivity contribution < 1.29 is 8.78 Å². The minimum atomic E-state index is -0.249. The first-order chi connectivity index (χ1) is 10.1. The van der Waals surface area contributed by atoms with E-state index >= 15 is 0 Å². The molecule has 0 amide bonds. The average Bonchev–Trinajstić information content (AvgIpc) is 2.48. The minimum Gasteiger partial charge on any atom is -0.309 e. The fraction of sp³-hybridized carbons (Fsp3) is 0.250. The summed E-state index contributed by atoms with van der Waals surface area (Å²) in [6.07, 6.45) is 0. The van der Waals surface area contributed by atoms with Crippen molar-refractivity contribution in [3.05, 3.63) is 64.1 Å². The Kier molecular flexibility index (Phi) is 6.21. The molecule has 1 N–H and O–H groups in total. The molecule has 1 atom stereocenters. The molecule has 0 aliphatic rings. The summed E-state index contributed by atoms with van der Waals surface area (Å²) in [5.74, 6) is 0.205. The molecule has 0 aromatic heterocycles. The van der Waals surface area contributed by atoms with Crippen LogP contribution in [-0.4, -0.2) is 12.3 Å². The van der Waals surface area contributed by atoms with E-state index in [4.69, 9.17) is 0 Å². The molecule has 0 bridgehead atoms. The largest absolute Gasteiger partial charge is 0.309 e. The van der Waals surface area contributed by atoms with E-state index in [9.17, 15) is 8.78 Å². The summed E-state index contributed by atoms with van der Waals surface area (Å²) in [4.78, 5) is 0.967. The monoisotopic (exact) mass is 371 g/mol. The molecule has 5 heteroatoms. The van der Waals surface area contributed by atoms with Crippen LogP contribution < -0.4 is 5.32 Å². The van der Waals surface area contributed by atoms with Crippen LogP contribution in [0.2, 0.25) is 0 Å². The lowest BCUT2D eigenvalue weighted by Gasteiger charge is -2.19. The van der Waals surface area contributed by atoms with Crippen LogP contribution in [0, 0.1) is 11.6 Å². The summed E-state index contributed by atoms with van der Waals surface area (Å²) >= 11 is 4.95. The van der Waals surface area contributed by atoms with Gasteiger partial charge in [0.1, 0.15) is 11.6 Å². The maximum Gasteiger partial charge on any atom is 0.128 e. The van der Waals surface area contributed by atoms with E-state index in [2.05, 4.69) is 21.2 Å². The third kappa shape index (κ3) is 4.80. The fourth-order valence-corrected chi connectivity index (χ4v) is 3.36. The van der Waals surface area contributed by atoms with Crippen molar-refractivity contribution in [3.63, 3.8) is 0 Å². The van der Waals surface area contributed by atoms with Gasteiger partial charge in [0.2, 0.25) is 0 Å². The van der Waals surface area contributed by atoms with Gasteiger partial charge >= 0.3 is 0 Å². The normalized spacial score (nSPS) is 12.4. The van der Waals surface area contributed by atoms with Gasteiger partial charge < -0.3 is 5.32 Å². The summed E-state index contributed by atoms with van der Waals surface area (Å²) in [6.45, 7) is 2.74. The Labute approximate surface area is 136 Å². The van der Waals surface area contributed by atoms with Gasteiger partial charge in [-0.1, -0.05) is 22.9 Å². The standard InChI is InChI=1S/C16H16BrF2NS/c1-2-20-16(14-9-11(17)3-8-15(14)19)10-21-13-6-4-12(18)5-7-13/h3-9,16,20H,2,10H2,1H3. The molecule has 1 nitrogen and oxygen atoms in total. The smallest absolute Gasteiger partial charge is 0.128 e. The van der Waals surface area contributed by atoms with Crippen LogP contribution in [0.5, 0.6) is 0 Å². The highest BCUT2D eigenvalue weighted by Crippen LogP contribution is 2.28. The zero-order valence-electron chi connectivity index (χ0n) is 11.6. The van der Waals surface area contributed by atoms with E-state index < -0.39 is 0 Å². The van der Waals surface area contributed by atoms with Crippen molar-refractivity contribution >= 4 is 27.7 Å². The molecule has 2 aromatic rings. The predicted octanol–water partition coefficient (Wildman–Crippen LogP) is 5.17. The Balaban J connectivity index is 2.11. The molecule has 0 fully saturated rings. The second-order valence-corrected chi connectivity index (χ2v) is 6.55. The summed E-state index contributed by atoms with van der Waals surface area (Å²) in [5.41, 5.74) is 0.640. The number of nitrogens with one attached hydrogen (secondary N) is 1. The van der Waals surface area contributed by atoms with Gasteiger partial charge in [0.05, 0.1) is 0 Å². The Bertz CT molecular complexity index is 589. The first-order valence-corrected chi connectivity index (χ1v) is 8.44. The molecule has 0 saturated carbocycles. The Hall–Kier alpha value is -0.910. The van der Waals surface area contributed by atoms with Crippen molar-refractivity contribution in [2.45, 2.75) is 17.9 Å². The van der Waals surface area contributed by atoms with E-state index in [1.165, 1.54) is 18.2 Å². The van der Waals surface area contributed by atoms with Gasteiger partial charge in [0.25, 0.3) is 0 Å². The van der Waals surface area contributed by atoms with Gasteiger partial charge in [-0.3, -0.25) is 0 Å². The van der Waals surface area contributed by atoms with Crippen LogP contribution in [-0.2, 0) is 0 Å². The first-order valence-electron chi connectivity index (χ1n) is 6.67. The van der Waals surface area contributed by atoms with Gasteiger partial charge in [-0.25, -0.2) is 8.78 Å². The molecule has 0 saturated heterocycles. The molecule has 1 unspecified atom stereocenters. The Morgan fingerprint density at radius 3 is 2.52 bits per heavy atom. The van der Waals surface area contributed by atoms with Crippen molar-refractivity contribution in [1.29, 1.82) is 0 Å².